The van der Waals surface area contributed by atoms with Gasteiger partial charge in [0.1, 0.15) is 0 Å². The molecule has 3 N–H and O–H groups in total. The third-order valence-electron chi connectivity index (χ3n) is 14.9. The zero-order chi connectivity index (χ0) is 52.2. The Bertz CT molecular complexity index is 1170. The molecule has 0 radical (unpaired) electrons. The number of esters is 1. The molecule has 0 fully saturated rings. The number of hydrogen-bond acceptors (Lipinski definition) is 5. The van der Waals surface area contributed by atoms with Crippen molar-refractivity contribution in [3.05, 3.63) is 36.5 Å². The third-order valence-corrected chi connectivity index (χ3v) is 14.9. The van der Waals surface area contributed by atoms with Gasteiger partial charge < -0.3 is 20.3 Å². The summed E-state index contributed by atoms with van der Waals surface area (Å²) in [6.45, 7) is 4.87. The Morgan fingerprint density at radius 1 is 0.389 bits per heavy atom. The van der Waals surface area contributed by atoms with Gasteiger partial charge in [0.05, 0.1) is 25.4 Å². The van der Waals surface area contributed by atoms with Crippen LogP contribution >= 0.6 is 0 Å². The summed E-state index contributed by atoms with van der Waals surface area (Å²) in [6, 6.07) is -0.624. The molecule has 6 nitrogen and oxygen atoms in total. The van der Waals surface area contributed by atoms with Crippen molar-refractivity contribution in [3.63, 3.8) is 0 Å². The molecule has 0 aliphatic carbocycles. The lowest BCUT2D eigenvalue weighted by Crippen LogP contribution is -2.45. The van der Waals surface area contributed by atoms with Crippen LogP contribution in [0.5, 0.6) is 0 Å². The molecule has 0 aromatic heterocycles. The number of hydrogen-bond donors (Lipinski definition) is 3. The quantitative estimate of drug-likeness (QED) is 0.0320. The maximum absolute atomic E-state index is 12.4. The summed E-state index contributed by atoms with van der Waals surface area (Å²) in [4.78, 5) is 24.5. The number of aliphatic hydroxyl groups excluding tert-OH is 2. The van der Waals surface area contributed by atoms with Crippen LogP contribution in [0.3, 0.4) is 0 Å². The zero-order valence-electron chi connectivity index (χ0n) is 48.4. The summed E-state index contributed by atoms with van der Waals surface area (Å²) in [5.74, 6) is -0.0599. The first kappa shape index (κ1) is 70.1. The Hall–Kier alpha value is -1.92. The Morgan fingerprint density at radius 3 is 1.08 bits per heavy atom. The van der Waals surface area contributed by atoms with E-state index in [9.17, 15) is 19.8 Å². The lowest BCUT2D eigenvalue weighted by atomic mass is 10.0. The molecular formula is C66H125NO5. The number of aliphatic hydroxyl groups is 2. The average molecular weight is 1010 g/mol. The highest BCUT2D eigenvalue weighted by Crippen LogP contribution is 2.18. The van der Waals surface area contributed by atoms with Crippen molar-refractivity contribution < 1.29 is 24.5 Å². The second-order valence-electron chi connectivity index (χ2n) is 22.1. The molecule has 72 heavy (non-hydrogen) atoms. The number of carbonyl (C=O) groups is 2. The van der Waals surface area contributed by atoms with E-state index in [0.717, 1.165) is 51.4 Å². The highest BCUT2D eigenvalue weighted by Gasteiger charge is 2.18. The second-order valence-corrected chi connectivity index (χ2v) is 22.1. The van der Waals surface area contributed by atoms with E-state index in [1.807, 2.05) is 6.08 Å². The maximum atomic E-state index is 12.4. The SMILES string of the molecule is CCCCC/C=C\C/C=C\CCCCCCCC(=O)OCCCCCCCCCCCCCCCCCCCCCCCCCCCCCCCC(=O)N[C@@H](CO)[C@H](O)/C=C/CCCCCCCCCCC. The molecule has 424 valence electrons. The molecule has 1 amide bonds. The molecule has 0 saturated carbocycles. The number of amides is 1. The summed E-state index contributed by atoms with van der Waals surface area (Å²) in [5.41, 5.74) is 0. The van der Waals surface area contributed by atoms with Gasteiger partial charge in [-0.15, -0.1) is 0 Å². The first-order chi connectivity index (χ1) is 35.5. The Kier molecular flexibility index (Phi) is 60.0. The number of allylic oxidation sites excluding steroid dienone is 5. The van der Waals surface area contributed by atoms with Crippen LogP contribution in [0.1, 0.15) is 348 Å². The molecular weight excluding hydrogens is 887 g/mol. The minimum Gasteiger partial charge on any atom is -0.466 e. The number of ether oxygens (including phenoxy) is 1. The van der Waals surface area contributed by atoms with Gasteiger partial charge in [-0.25, -0.2) is 0 Å². The Balaban J connectivity index is 3.33. The van der Waals surface area contributed by atoms with Crippen LogP contribution in [0.15, 0.2) is 36.5 Å². The monoisotopic (exact) mass is 1010 g/mol. The van der Waals surface area contributed by atoms with Crippen LogP contribution in [-0.4, -0.2) is 47.4 Å². The number of rotatable bonds is 60. The summed E-state index contributed by atoms with van der Waals surface area (Å²) >= 11 is 0. The van der Waals surface area contributed by atoms with E-state index in [2.05, 4.69) is 43.5 Å². The summed E-state index contributed by atoms with van der Waals surface area (Å²) in [7, 11) is 0. The van der Waals surface area contributed by atoms with Crippen molar-refractivity contribution in [3.8, 4) is 0 Å². The molecule has 0 aliphatic heterocycles. The first-order valence-corrected chi connectivity index (χ1v) is 32.3. The van der Waals surface area contributed by atoms with E-state index in [-0.39, 0.29) is 18.5 Å². The van der Waals surface area contributed by atoms with Gasteiger partial charge in [-0.1, -0.05) is 307 Å². The lowest BCUT2D eigenvalue weighted by molar-refractivity contribution is -0.143. The first-order valence-electron chi connectivity index (χ1n) is 32.3. The normalized spacial score (nSPS) is 12.8. The summed E-state index contributed by atoms with van der Waals surface area (Å²) in [6.07, 6.45) is 77.8. The molecule has 0 saturated heterocycles. The van der Waals surface area contributed by atoms with Gasteiger partial charge in [0.15, 0.2) is 0 Å². The molecule has 0 aromatic rings. The third kappa shape index (κ3) is 57.4. The van der Waals surface area contributed by atoms with Gasteiger partial charge >= 0.3 is 5.97 Å². The highest BCUT2D eigenvalue weighted by molar-refractivity contribution is 5.76. The number of nitrogens with one attached hydrogen (secondary N) is 1. The van der Waals surface area contributed by atoms with E-state index in [1.54, 1.807) is 6.08 Å². The molecule has 0 aliphatic rings. The number of carbonyl (C=O) groups excluding carboxylic acids is 2. The molecule has 2 atom stereocenters. The van der Waals surface area contributed by atoms with Gasteiger partial charge in [-0.05, 0) is 64.2 Å². The predicted molar refractivity (Wildman–Crippen MR) is 315 cm³/mol. The zero-order valence-corrected chi connectivity index (χ0v) is 48.4. The fourth-order valence-corrected chi connectivity index (χ4v) is 9.96. The van der Waals surface area contributed by atoms with E-state index in [1.165, 1.54) is 270 Å². The van der Waals surface area contributed by atoms with Crippen molar-refractivity contribution in [2.45, 2.75) is 360 Å². The molecule has 0 unspecified atom stereocenters. The Morgan fingerprint density at radius 2 is 0.694 bits per heavy atom. The van der Waals surface area contributed by atoms with E-state index < -0.39 is 12.1 Å². The van der Waals surface area contributed by atoms with E-state index >= 15 is 0 Å². The summed E-state index contributed by atoms with van der Waals surface area (Å²) < 4.78 is 5.48. The minimum atomic E-state index is -0.840. The van der Waals surface area contributed by atoms with Crippen LogP contribution in [0, 0.1) is 0 Å². The topological polar surface area (TPSA) is 95.9 Å². The minimum absolute atomic E-state index is 0.00504. The molecule has 0 aromatic carbocycles. The molecule has 0 bridgehead atoms. The number of unbranched alkanes of at least 4 members (excludes halogenated alkanes) is 45. The molecule has 6 heteroatoms. The van der Waals surface area contributed by atoms with Gasteiger partial charge in [-0.3, -0.25) is 9.59 Å². The molecule has 0 heterocycles. The van der Waals surface area contributed by atoms with Crippen molar-refractivity contribution in [2.24, 2.45) is 0 Å². The molecule has 0 spiro atoms. The van der Waals surface area contributed by atoms with Gasteiger partial charge in [0, 0.05) is 12.8 Å². The van der Waals surface area contributed by atoms with Crippen molar-refractivity contribution in [2.75, 3.05) is 13.2 Å². The van der Waals surface area contributed by atoms with Crippen molar-refractivity contribution in [1.82, 2.24) is 5.32 Å². The fraction of sp³-hybridized carbons (Fsp3) is 0.879. The maximum Gasteiger partial charge on any atom is 0.305 e. The van der Waals surface area contributed by atoms with Crippen LogP contribution in [0.25, 0.3) is 0 Å². The van der Waals surface area contributed by atoms with Crippen LogP contribution in [-0.2, 0) is 14.3 Å². The van der Waals surface area contributed by atoms with Gasteiger partial charge in [0.25, 0.3) is 0 Å². The summed E-state index contributed by atoms with van der Waals surface area (Å²) in [5, 5.41) is 23.0. The standard InChI is InChI=1S/C66H125NO5/c1-3-5-7-9-11-13-15-16-32-36-40-44-48-52-56-60-66(71)72-61-57-53-49-45-41-37-34-31-29-27-25-23-21-19-17-18-20-22-24-26-28-30-33-35-39-43-47-51-55-59-65(70)67-63(62-68)64(69)58-54-50-46-42-38-14-12-10-8-6-4-2/h11,13,16,32,54,58,63-64,68-69H,3-10,12,14-15,17-31,33-53,55-57,59-62H2,1-2H3,(H,67,70)/b13-11-,32-16-,58-54+/t63-,64+/m0/s1. The highest BCUT2D eigenvalue weighted by atomic mass is 16.5. The van der Waals surface area contributed by atoms with Crippen LogP contribution in [0.2, 0.25) is 0 Å². The van der Waals surface area contributed by atoms with E-state index in [0.29, 0.717) is 19.4 Å². The molecule has 0 rings (SSSR count). The largest absolute Gasteiger partial charge is 0.466 e. The second kappa shape index (κ2) is 61.6. The van der Waals surface area contributed by atoms with Crippen LogP contribution in [0.4, 0.5) is 0 Å². The van der Waals surface area contributed by atoms with Gasteiger partial charge in [0.2, 0.25) is 5.91 Å². The van der Waals surface area contributed by atoms with Gasteiger partial charge in [-0.2, -0.15) is 0 Å². The average Bonchev–Trinajstić information content (AvgIpc) is 3.38. The fourth-order valence-electron chi connectivity index (χ4n) is 9.96. The van der Waals surface area contributed by atoms with E-state index in [4.69, 9.17) is 4.74 Å². The van der Waals surface area contributed by atoms with Crippen molar-refractivity contribution >= 4 is 11.9 Å². The van der Waals surface area contributed by atoms with Crippen molar-refractivity contribution in [1.29, 1.82) is 0 Å². The predicted octanol–water partition coefficient (Wildman–Crippen LogP) is 20.4. The Labute approximate surface area is 449 Å². The lowest BCUT2D eigenvalue weighted by Gasteiger charge is -2.20. The van der Waals surface area contributed by atoms with Crippen LogP contribution < -0.4 is 5.32 Å². The smallest absolute Gasteiger partial charge is 0.305 e.